The first kappa shape index (κ1) is 22.6. The van der Waals surface area contributed by atoms with E-state index in [1.807, 2.05) is 6.07 Å². The fraction of sp³-hybridized carbons (Fsp3) is 0.280. The molecule has 0 spiro atoms. The lowest BCUT2D eigenvalue weighted by atomic mass is 10.0. The Bertz CT molecular complexity index is 1110. The normalized spacial score (nSPS) is 14.1. The van der Waals surface area contributed by atoms with Crippen molar-refractivity contribution in [2.45, 2.75) is 12.8 Å². The SMILES string of the molecule is O=C(c1ccccc1)c1ccccc1Nc1nccc(CCCN2CCOCC2)c1[N+](=O)[O-]. The van der Waals surface area contributed by atoms with E-state index in [2.05, 4.69) is 15.2 Å². The second-order valence-corrected chi connectivity index (χ2v) is 7.85. The number of anilines is 2. The molecule has 2 heterocycles. The molecule has 33 heavy (non-hydrogen) atoms. The number of ether oxygens (including phenoxy) is 1. The molecule has 3 aromatic rings. The van der Waals surface area contributed by atoms with Gasteiger partial charge in [0.05, 0.1) is 23.8 Å². The number of nitro groups is 1. The Kier molecular flexibility index (Phi) is 7.39. The Labute approximate surface area is 192 Å². The van der Waals surface area contributed by atoms with Crippen LogP contribution in [0.5, 0.6) is 0 Å². The predicted molar refractivity (Wildman–Crippen MR) is 126 cm³/mol. The number of carbonyl (C=O) groups is 1. The van der Waals surface area contributed by atoms with E-state index in [-0.39, 0.29) is 17.3 Å². The number of para-hydroxylation sites is 1. The lowest BCUT2D eigenvalue weighted by Crippen LogP contribution is -2.36. The van der Waals surface area contributed by atoms with Gasteiger partial charge in [-0.3, -0.25) is 19.8 Å². The molecule has 2 aromatic carbocycles. The van der Waals surface area contributed by atoms with Gasteiger partial charge in [0.25, 0.3) is 0 Å². The zero-order chi connectivity index (χ0) is 23.0. The molecule has 1 aliphatic heterocycles. The van der Waals surface area contributed by atoms with Crippen LogP contribution in [0.1, 0.15) is 27.9 Å². The molecule has 1 saturated heterocycles. The number of benzene rings is 2. The molecule has 8 heteroatoms. The number of aryl methyl sites for hydroxylation is 1. The average Bonchev–Trinajstić information content (AvgIpc) is 2.85. The molecule has 0 aliphatic carbocycles. The summed E-state index contributed by atoms with van der Waals surface area (Å²) in [5.41, 5.74) is 2.02. The quantitative estimate of drug-likeness (QED) is 0.298. The lowest BCUT2D eigenvalue weighted by molar-refractivity contribution is -0.384. The molecule has 0 atom stereocenters. The summed E-state index contributed by atoms with van der Waals surface area (Å²) in [5, 5.41) is 15.0. The average molecular weight is 447 g/mol. The van der Waals surface area contributed by atoms with E-state index in [1.165, 1.54) is 0 Å². The maximum absolute atomic E-state index is 13.0. The van der Waals surface area contributed by atoms with Gasteiger partial charge < -0.3 is 10.1 Å². The number of nitrogens with zero attached hydrogens (tertiary/aromatic N) is 3. The largest absolute Gasteiger partial charge is 0.379 e. The van der Waals surface area contributed by atoms with Crippen LogP contribution in [-0.4, -0.2) is 53.4 Å². The zero-order valence-electron chi connectivity index (χ0n) is 18.3. The fourth-order valence-corrected chi connectivity index (χ4v) is 3.97. The molecule has 0 unspecified atom stereocenters. The first-order chi connectivity index (χ1) is 16.1. The summed E-state index contributed by atoms with van der Waals surface area (Å²) >= 11 is 0. The van der Waals surface area contributed by atoms with Crippen molar-refractivity contribution in [1.82, 2.24) is 9.88 Å². The Morgan fingerprint density at radius 3 is 2.55 bits per heavy atom. The summed E-state index contributed by atoms with van der Waals surface area (Å²) < 4.78 is 5.37. The van der Waals surface area contributed by atoms with Crippen molar-refractivity contribution >= 4 is 23.0 Å². The lowest BCUT2D eigenvalue weighted by Gasteiger charge is -2.26. The topological polar surface area (TPSA) is 97.6 Å². The number of pyridine rings is 1. The van der Waals surface area contributed by atoms with Crippen LogP contribution < -0.4 is 5.32 Å². The second-order valence-electron chi connectivity index (χ2n) is 7.85. The third kappa shape index (κ3) is 5.60. The summed E-state index contributed by atoms with van der Waals surface area (Å²) in [6, 6.07) is 17.6. The van der Waals surface area contributed by atoms with Crippen molar-refractivity contribution in [3.05, 3.63) is 93.7 Å². The van der Waals surface area contributed by atoms with Gasteiger partial charge in [0.2, 0.25) is 5.82 Å². The summed E-state index contributed by atoms with van der Waals surface area (Å²) in [6.45, 7) is 4.09. The van der Waals surface area contributed by atoms with Crippen LogP contribution in [0.2, 0.25) is 0 Å². The van der Waals surface area contributed by atoms with Gasteiger partial charge in [0.15, 0.2) is 5.78 Å². The van der Waals surface area contributed by atoms with Gasteiger partial charge in [-0.1, -0.05) is 42.5 Å². The van der Waals surface area contributed by atoms with E-state index in [4.69, 9.17) is 4.74 Å². The molecule has 1 aromatic heterocycles. The molecule has 0 bridgehead atoms. The van der Waals surface area contributed by atoms with Crippen LogP contribution in [0.4, 0.5) is 17.2 Å². The van der Waals surface area contributed by atoms with Crippen LogP contribution in [-0.2, 0) is 11.2 Å². The van der Waals surface area contributed by atoms with Crippen molar-refractivity contribution in [1.29, 1.82) is 0 Å². The number of nitrogens with one attached hydrogen (secondary N) is 1. The van der Waals surface area contributed by atoms with E-state index in [0.717, 1.165) is 39.3 Å². The molecule has 0 saturated carbocycles. The molecule has 0 radical (unpaired) electrons. The minimum absolute atomic E-state index is 0.0542. The van der Waals surface area contributed by atoms with Crippen molar-refractivity contribution < 1.29 is 14.5 Å². The van der Waals surface area contributed by atoms with E-state index >= 15 is 0 Å². The number of hydrogen-bond acceptors (Lipinski definition) is 7. The van der Waals surface area contributed by atoms with Crippen LogP contribution in [0.25, 0.3) is 0 Å². The maximum atomic E-state index is 13.0. The number of aromatic nitrogens is 1. The third-order valence-corrected chi connectivity index (χ3v) is 5.68. The monoisotopic (exact) mass is 446 g/mol. The van der Waals surface area contributed by atoms with Crippen molar-refractivity contribution in [3.63, 3.8) is 0 Å². The summed E-state index contributed by atoms with van der Waals surface area (Å²) in [4.78, 5) is 31.1. The molecular formula is C25H26N4O4. The van der Waals surface area contributed by atoms with Crippen molar-refractivity contribution in [3.8, 4) is 0 Å². The molecule has 1 N–H and O–H groups in total. The van der Waals surface area contributed by atoms with Gasteiger partial charge in [-0.05, 0) is 37.6 Å². The number of morpholine rings is 1. The van der Waals surface area contributed by atoms with Gasteiger partial charge in [-0.15, -0.1) is 0 Å². The van der Waals surface area contributed by atoms with Crippen molar-refractivity contribution in [2.75, 3.05) is 38.2 Å². The van der Waals surface area contributed by atoms with Gasteiger partial charge in [-0.25, -0.2) is 4.98 Å². The van der Waals surface area contributed by atoms with Crippen LogP contribution in [0.3, 0.4) is 0 Å². The molecule has 1 fully saturated rings. The van der Waals surface area contributed by atoms with E-state index in [1.54, 1.807) is 60.8 Å². The number of rotatable bonds is 9. The van der Waals surface area contributed by atoms with E-state index in [0.29, 0.717) is 28.8 Å². The van der Waals surface area contributed by atoms with Crippen LogP contribution >= 0.6 is 0 Å². The van der Waals surface area contributed by atoms with Crippen LogP contribution in [0, 0.1) is 10.1 Å². The Morgan fingerprint density at radius 2 is 1.79 bits per heavy atom. The predicted octanol–water partition coefficient (Wildman–Crippen LogP) is 4.23. The Hall–Kier alpha value is -3.62. The highest BCUT2D eigenvalue weighted by Crippen LogP contribution is 2.31. The van der Waals surface area contributed by atoms with Gasteiger partial charge in [0.1, 0.15) is 0 Å². The fourth-order valence-electron chi connectivity index (χ4n) is 3.97. The van der Waals surface area contributed by atoms with Gasteiger partial charge in [0, 0.05) is 36.0 Å². The smallest absolute Gasteiger partial charge is 0.314 e. The minimum Gasteiger partial charge on any atom is -0.379 e. The molecule has 1 aliphatic rings. The van der Waals surface area contributed by atoms with Gasteiger partial charge in [-0.2, -0.15) is 0 Å². The zero-order valence-corrected chi connectivity index (χ0v) is 18.3. The Balaban J connectivity index is 1.55. The standard InChI is InChI=1S/C25H26N4O4/c30-24(20-7-2-1-3-8-20)21-10-4-5-11-22(21)27-25-23(29(31)32)19(12-13-26-25)9-6-14-28-15-17-33-18-16-28/h1-5,7-8,10-13H,6,9,14-18H2,(H,26,27). The molecule has 0 amide bonds. The second kappa shape index (κ2) is 10.8. The van der Waals surface area contributed by atoms with Gasteiger partial charge >= 0.3 is 5.69 Å². The van der Waals surface area contributed by atoms with E-state index in [9.17, 15) is 14.9 Å². The molecule has 170 valence electrons. The maximum Gasteiger partial charge on any atom is 0.314 e. The first-order valence-corrected chi connectivity index (χ1v) is 11.0. The third-order valence-electron chi connectivity index (χ3n) is 5.68. The summed E-state index contributed by atoms with van der Waals surface area (Å²) in [7, 11) is 0. The molecular weight excluding hydrogens is 420 g/mol. The number of hydrogen-bond donors (Lipinski definition) is 1. The Morgan fingerprint density at radius 1 is 1.06 bits per heavy atom. The van der Waals surface area contributed by atoms with Crippen LogP contribution in [0.15, 0.2) is 66.9 Å². The highest BCUT2D eigenvalue weighted by Gasteiger charge is 2.23. The minimum atomic E-state index is -0.402. The number of ketones is 1. The van der Waals surface area contributed by atoms with Crippen molar-refractivity contribution in [2.24, 2.45) is 0 Å². The number of carbonyl (C=O) groups excluding carboxylic acids is 1. The highest BCUT2D eigenvalue weighted by atomic mass is 16.6. The highest BCUT2D eigenvalue weighted by molar-refractivity contribution is 6.12. The first-order valence-electron chi connectivity index (χ1n) is 11.0. The molecule has 4 rings (SSSR count). The summed E-state index contributed by atoms with van der Waals surface area (Å²) in [5.74, 6) is -0.0276. The molecule has 8 nitrogen and oxygen atoms in total. The van der Waals surface area contributed by atoms with E-state index < -0.39 is 4.92 Å². The summed E-state index contributed by atoms with van der Waals surface area (Å²) in [6.07, 6.45) is 2.93.